The summed E-state index contributed by atoms with van der Waals surface area (Å²) in [6, 6.07) is 8.07. The van der Waals surface area contributed by atoms with Crippen molar-refractivity contribution in [2.45, 2.75) is 38.3 Å². The van der Waals surface area contributed by atoms with Crippen LogP contribution in [-0.4, -0.2) is 43.1 Å². The average molecular weight is 331 g/mol. The zero-order valence-electron chi connectivity index (χ0n) is 14.1. The van der Waals surface area contributed by atoms with Crippen LogP contribution < -0.4 is 15.4 Å². The molecule has 130 valence electrons. The summed E-state index contributed by atoms with van der Waals surface area (Å²) >= 11 is 0. The van der Waals surface area contributed by atoms with Crippen LogP contribution in [0.3, 0.4) is 0 Å². The summed E-state index contributed by atoms with van der Waals surface area (Å²) in [6.07, 6.45) is 3.64. The number of methoxy groups -OCH3 is 1. The van der Waals surface area contributed by atoms with E-state index in [0.29, 0.717) is 25.7 Å². The van der Waals surface area contributed by atoms with E-state index < -0.39 is 0 Å². The summed E-state index contributed by atoms with van der Waals surface area (Å²) in [5.41, 5.74) is 1.05. The second-order valence-electron chi connectivity index (χ2n) is 6.55. The van der Waals surface area contributed by atoms with Crippen molar-refractivity contribution < 1.29 is 14.3 Å². The zero-order chi connectivity index (χ0) is 16.9. The molecule has 24 heavy (non-hydrogen) atoms. The van der Waals surface area contributed by atoms with Gasteiger partial charge >= 0.3 is 6.03 Å². The number of carbonyl (C=O) groups is 2. The molecule has 0 aromatic heterocycles. The third-order valence-corrected chi connectivity index (χ3v) is 4.68. The Morgan fingerprint density at radius 3 is 2.38 bits per heavy atom. The van der Waals surface area contributed by atoms with Gasteiger partial charge in [-0.15, -0.1) is 0 Å². The molecular weight excluding hydrogens is 306 g/mol. The number of nitrogens with zero attached hydrogens (tertiary/aromatic N) is 1. The molecular formula is C18H25N3O3. The fraction of sp³-hybridized carbons (Fsp3) is 0.556. The van der Waals surface area contributed by atoms with Crippen molar-refractivity contribution in [1.29, 1.82) is 0 Å². The van der Waals surface area contributed by atoms with Gasteiger partial charge in [0.05, 0.1) is 7.11 Å². The van der Waals surface area contributed by atoms with Gasteiger partial charge in [0.2, 0.25) is 5.91 Å². The molecule has 0 unspecified atom stereocenters. The minimum absolute atomic E-state index is 0.00627. The number of nitrogens with one attached hydrogen (secondary N) is 2. The summed E-state index contributed by atoms with van der Waals surface area (Å²) in [7, 11) is 1.63. The predicted molar refractivity (Wildman–Crippen MR) is 90.7 cm³/mol. The molecule has 1 saturated heterocycles. The van der Waals surface area contributed by atoms with E-state index in [0.717, 1.165) is 37.0 Å². The Kier molecular flexibility index (Phi) is 5.23. The maximum absolute atomic E-state index is 12.3. The van der Waals surface area contributed by atoms with Gasteiger partial charge in [-0.3, -0.25) is 4.79 Å². The number of rotatable bonds is 5. The molecule has 3 amide bonds. The summed E-state index contributed by atoms with van der Waals surface area (Å²) in [5, 5.41) is 5.99. The molecule has 0 spiro atoms. The Morgan fingerprint density at radius 2 is 1.79 bits per heavy atom. The van der Waals surface area contributed by atoms with E-state index in [4.69, 9.17) is 4.74 Å². The van der Waals surface area contributed by atoms with Crippen molar-refractivity contribution in [2.24, 2.45) is 5.92 Å². The normalized spacial score (nSPS) is 18.1. The van der Waals surface area contributed by atoms with Gasteiger partial charge in [0, 0.05) is 31.6 Å². The maximum atomic E-state index is 12.3. The first-order chi connectivity index (χ1) is 11.7. The lowest BCUT2D eigenvalue weighted by molar-refractivity contribution is -0.126. The van der Waals surface area contributed by atoms with Gasteiger partial charge in [-0.25, -0.2) is 4.79 Å². The standard InChI is InChI=1S/C18H25N3O3/c1-24-16-6-2-13(3-7-16)12-19-17(22)14-8-10-21(11-9-14)18(23)20-15-4-5-15/h2-3,6-7,14-15H,4-5,8-12H2,1H3,(H,19,22)(H,20,23). The molecule has 0 radical (unpaired) electrons. The van der Waals surface area contributed by atoms with E-state index in [9.17, 15) is 9.59 Å². The summed E-state index contributed by atoms with van der Waals surface area (Å²) in [6.45, 7) is 1.82. The van der Waals surface area contributed by atoms with E-state index in [-0.39, 0.29) is 17.9 Å². The third-order valence-electron chi connectivity index (χ3n) is 4.68. The second-order valence-corrected chi connectivity index (χ2v) is 6.55. The molecule has 2 fully saturated rings. The van der Waals surface area contributed by atoms with Crippen molar-refractivity contribution in [3.8, 4) is 5.75 Å². The van der Waals surface area contributed by atoms with Crippen LogP contribution in [0.5, 0.6) is 5.75 Å². The van der Waals surface area contributed by atoms with Crippen molar-refractivity contribution in [3.05, 3.63) is 29.8 Å². The Morgan fingerprint density at radius 1 is 1.12 bits per heavy atom. The van der Waals surface area contributed by atoms with Gasteiger partial charge in [0.1, 0.15) is 5.75 Å². The van der Waals surface area contributed by atoms with Crippen molar-refractivity contribution >= 4 is 11.9 Å². The van der Waals surface area contributed by atoms with E-state index in [1.54, 1.807) is 7.11 Å². The minimum atomic E-state index is -0.00627. The molecule has 0 bridgehead atoms. The van der Waals surface area contributed by atoms with Crippen molar-refractivity contribution in [2.75, 3.05) is 20.2 Å². The Hall–Kier alpha value is -2.24. The number of urea groups is 1. The van der Waals surface area contributed by atoms with Crippen LogP contribution in [0.4, 0.5) is 4.79 Å². The molecule has 1 aromatic carbocycles. The Labute approximate surface area is 142 Å². The fourth-order valence-electron chi connectivity index (χ4n) is 2.92. The van der Waals surface area contributed by atoms with E-state index in [1.807, 2.05) is 29.2 Å². The predicted octanol–water partition coefficient (Wildman–Crippen LogP) is 1.90. The number of carbonyl (C=O) groups excluding carboxylic acids is 2. The van der Waals surface area contributed by atoms with Crippen LogP contribution in [-0.2, 0) is 11.3 Å². The Bertz CT molecular complexity index is 576. The van der Waals surface area contributed by atoms with Gasteiger partial charge in [0.25, 0.3) is 0 Å². The lowest BCUT2D eigenvalue weighted by atomic mass is 9.96. The number of amides is 3. The van der Waals surface area contributed by atoms with Crippen LogP contribution >= 0.6 is 0 Å². The monoisotopic (exact) mass is 331 g/mol. The third kappa shape index (κ3) is 4.40. The van der Waals surface area contributed by atoms with Crippen LogP contribution in [0.1, 0.15) is 31.2 Å². The zero-order valence-corrected chi connectivity index (χ0v) is 14.1. The highest BCUT2D eigenvalue weighted by atomic mass is 16.5. The van der Waals surface area contributed by atoms with Gasteiger partial charge in [0.15, 0.2) is 0 Å². The second kappa shape index (κ2) is 7.55. The van der Waals surface area contributed by atoms with Crippen molar-refractivity contribution in [1.82, 2.24) is 15.5 Å². The minimum Gasteiger partial charge on any atom is -0.497 e. The molecule has 6 nitrogen and oxygen atoms in total. The first-order valence-electron chi connectivity index (χ1n) is 8.62. The molecule has 1 aliphatic carbocycles. The van der Waals surface area contributed by atoms with Crippen LogP contribution in [0.25, 0.3) is 0 Å². The van der Waals surface area contributed by atoms with E-state index in [1.165, 1.54) is 0 Å². The number of hydrogen-bond acceptors (Lipinski definition) is 3. The number of piperidine rings is 1. The van der Waals surface area contributed by atoms with Gasteiger partial charge < -0.3 is 20.3 Å². The van der Waals surface area contributed by atoms with E-state index in [2.05, 4.69) is 10.6 Å². The van der Waals surface area contributed by atoms with Crippen molar-refractivity contribution in [3.63, 3.8) is 0 Å². The first kappa shape index (κ1) is 16.6. The van der Waals surface area contributed by atoms with Crippen LogP contribution in [0.15, 0.2) is 24.3 Å². The van der Waals surface area contributed by atoms with Crippen LogP contribution in [0, 0.1) is 5.92 Å². The maximum Gasteiger partial charge on any atom is 0.317 e. The number of benzene rings is 1. The largest absolute Gasteiger partial charge is 0.497 e. The SMILES string of the molecule is COc1ccc(CNC(=O)C2CCN(C(=O)NC3CC3)CC2)cc1. The lowest BCUT2D eigenvalue weighted by Gasteiger charge is -2.31. The van der Waals surface area contributed by atoms with Gasteiger partial charge in [-0.05, 0) is 43.4 Å². The molecule has 1 aliphatic heterocycles. The molecule has 6 heteroatoms. The molecule has 0 atom stereocenters. The lowest BCUT2D eigenvalue weighted by Crippen LogP contribution is -2.47. The molecule has 2 aliphatic rings. The highest BCUT2D eigenvalue weighted by molar-refractivity contribution is 5.79. The summed E-state index contributed by atoms with van der Waals surface area (Å²) < 4.78 is 5.12. The topological polar surface area (TPSA) is 70.7 Å². The highest BCUT2D eigenvalue weighted by Gasteiger charge is 2.30. The number of likely N-dealkylation sites (tertiary alicyclic amines) is 1. The van der Waals surface area contributed by atoms with Gasteiger partial charge in [-0.2, -0.15) is 0 Å². The fourth-order valence-corrected chi connectivity index (χ4v) is 2.92. The summed E-state index contributed by atoms with van der Waals surface area (Å²) in [5.74, 6) is 0.878. The molecule has 2 N–H and O–H groups in total. The molecule has 1 heterocycles. The highest BCUT2D eigenvalue weighted by Crippen LogP contribution is 2.21. The number of hydrogen-bond donors (Lipinski definition) is 2. The van der Waals surface area contributed by atoms with Gasteiger partial charge in [-0.1, -0.05) is 12.1 Å². The summed E-state index contributed by atoms with van der Waals surface area (Å²) in [4.78, 5) is 26.1. The number of ether oxygens (including phenoxy) is 1. The molecule has 1 saturated carbocycles. The smallest absolute Gasteiger partial charge is 0.317 e. The first-order valence-corrected chi connectivity index (χ1v) is 8.62. The Balaban J connectivity index is 1.40. The molecule has 3 rings (SSSR count). The van der Waals surface area contributed by atoms with E-state index >= 15 is 0 Å². The molecule has 1 aromatic rings. The average Bonchev–Trinajstić information content (AvgIpc) is 3.44. The van der Waals surface area contributed by atoms with Crippen LogP contribution in [0.2, 0.25) is 0 Å². The quantitative estimate of drug-likeness (QED) is 0.866.